The molecule has 5 nitrogen and oxygen atoms in total. The van der Waals surface area contributed by atoms with Gasteiger partial charge in [0.05, 0.1) is 10.8 Å². The fourth-order valence-corrected chi connectivity index (χ4v) is 4.87. The van der Waals surface area contributed by atoms with Crippen LogP contribution in [-0.2, 0) is 14.8 Å². The van der Waals surface area contributed by atoms with Crippen LogP contribution in [0.15, 0.2) is 11.0 Å². The summed E-state index contributed by atoms with van der Waals surface area (Å²) in [6.45, 7) is 1.69. The van der Waals surface area contributed by atoms with Gasteiger partial charge in [0.15, 0.2) is 0 Å². The van der Waals surface area contributed by atoms with Crippen molar-refractivity contribution in [3.8, 4) is 0 Å². The van der Waals surface area contributed by atoms with Gasteiger partial charge in [-0.05, 0) is 6.07 Å². The van der Waals surface area contributed by atoms with E-state index >= 15 is 0 Å². The van der Waals surface area contributed by atoms with Gasteiger partial charge < -0.3 is 5.11 Å². The van der Waals surface area contributed by atoms with Gasteiger partial charge >= 0.3 is 5.97 Å². The molecule has 0 aliphatic rings. The predicted octanol–water partition coefficient (Wildman–Crippen LogP) is 2.54. The molecule has 0 spiro atoms. The van der Waals surface area contributed by atoms with Gasteiger partial charge in [-0.15, -0.1) is 11.3 Å². The predicted molar refractivity (Wildman–Crippen MR) is 71.0 cm³/mol. The summed E-state index contributed by atoms with van der Waals surface area (Å²) >= 11 is 12.5. The van der Waals surface area contributed by atoms with Crippen molar-refractivity contribution in [2.24, 2.45) is 0 Å². The first-order valence-corrected chi connectivity index (χ1v) is 7.97. The van der Waals surface area contributed by atoms with Gasteiger partial charge in [0.1, 0.15) is 9.23 Å². The lowest BCUT2D eigenvalue weighted by Crippen LogP contribution is -2.32. The Morgan fingerprint density at radius 3 is 2.50 bits per heavy atom. The van der Waals surface area contributed by atoms with E-state index in [1.54, 1.807) is 6.92 Å². The number of hydrogen-bond donors (Lipinski definition) is 1. The number of hydrogen-bond acceptors (Lipinski definition) is 4. The van der Waals surface area contributed by atoms with Crippen LogP contribution in [0.3, 0.4) is 0 Å². The van der Waals surface area contributed by atoms with Crippen LogP contribution in [0.1, 0.15) is 13.3 Å². The molecule has 1 aromatic heterocycles. The van der Waals surface area contributed by atoms with Crippen LogP contribution in [-0.4, -0.2) is 36.9 Å². The van der Waals surface area contributed by atoms with Crippen molar-refractivity contribution in [2.45, 2.75) is 18.2 Å². The fraction of sp³-hybridized carbons (Fsp3) is 0.444. The maximum atomic E-state index is 12.2. The van der Waals surface area contributed by atoms with Crippen LogP contribution in [0.5, 0.6) is 0 Å². The van der Waals surface area contributed by atoms with E-state index in [1.807, 2.05) is 0 Å². The largest absolute Gasteiger partial charge is 0.481 e. The summed E-state index contributed by atoms with van der Waals surface area (Å²) in [6, 6.07) is 1.27. The number of thiophene rings is 1. The van der Waals surface area contributed by atoms with Gasteiger partial charge in [0.2, 0.25) is 10.0 Å². The Morgan fingerprint density at radius 1 is 1.50 bits per heavy atom. The topological polar surface area (TPSA) is 74.7 Å². The summed E-state index contributed by atoms with van der Waals surface area (Å²) in [5.74, 6) is -1.06. The number of carboxylic acids is 1. The molecule has 0 aliphatic heterocycles. The number of sulfonamides is 1. The molecule has 18 heavy (non-hydrogen) atoms. The standard InChI is InChI=1S/C9H11Cl2NO4S2/c1-2-12(4-3-8(13)14)18(15,16)6-5-7(10)17-9(6)11/h5H,2-4H2,1H3,(H,13,14). The summed E-state index contributed by atoms with van der Waals surface area (Å²) in [4.78, 5) is 10.4. The highest BCUT2D eigenvalue weighted by Crippen LogP contribution is 2.35. The number of nitrogens with zero attached hydrogens (tertiary/aromatic N) is 1. The number of carbonyl (C=O) groups is 1. The molecule has 9 heteroatoms. The second-order valence-electron chi connectivity index (χ2n) is 3.33. The van der Waals surface area contributed by atoms with E-state index in [4.69, 9.17) is 28.3 Å². The van der Waals surface area contributed by atoms with Crippen LogP contribution in [0.2, 0.25) is 8.67 Å². The fourth-order valence-electron chi connectivity index (χ4n) is 1.31. The minimum absolute atomic E-state index is 0.0774. The number of aliphatic carboxylic acids is 1. The Labute approximate surface area is 119 Å². The molecule has 0 saturated heterocycles. The second-order valence-corrected chi connectivity index (χ2v) is 7.52. The Hall–Kier alpha value is -0.340. The van der Waals surface area contributed by atoms with Crippen molar-refractivity contribution < 1.29 is 18.3 Å². The van der Waals surface area contributed by atoms with Crippen LogP contribution in [0.4, 0.5) is 0 Å². The Morgan fingerprint density at radius 2 is 2.11 bits per heavy atom. The van der Waals surface area contributed by atoms with E-state index in [9.17, 15) is 13.2 Å². The summed E-state index contributed by atoms with van der Waals surface area (Å²) < 4.78 is 25.8. The lowest BCUT2D eigenvalue weighted by atomic mass is 10.4. The zero-order valence-electron chi connectivity index (χ0n) is 9.39. The van der Waals surface area contributed by atoms with Crippen molar-refractivity contribution in [2.75, 3.05) is 13.1 Å². The molecule has 1 heterocycles. The quantitative estimate of drug-likeness (QED) is 0.869. The first-order chi connectivity index (χ1) is 8.28. The highest BCUT2D eigenvalue weighted by molar-refractivity contribution is 7.89. The zero-order valence-corrected chi connectivity index (χ0v) is 12.5. The van der Waals surface area contributed by atoms with Gasteiger partial charge in [-0.25, -0.2) is 8.42 Å². The molecule has 0 aliphatic carbocycles. The average Bonchev–Trinajstić information content (AvgIpc) is 2.58. The van der Waals surface area contributed by atoms with Crippen molar-refractivity contribution in [1.82, 2.24) is 4.31 Å². The third kappa shape index (κ3) is 3.58. The van der Waals surface area contributed by atoms with Gasteiger partial charge in [-0.1, -0.05) is 30.1 Å². The monoisotopic (exact) mass is 331 g/mol. The van der Waals surface area contributed by atoms with Crippen molar-refractivity contribution in [3.63, 3.8) is 0 Å². The molecule has 0 saturated carbocycles. The lowest BCUT2D eigenvalue weighted by molar-refractivity contribution is -0.137. The van der Waals surface area contributed by atoms with Gasteiger partial charge in [0.25, 0.3) is 0 Å². The van der Waals surface area contributed by atoms with Gasteiger partial charge in [-0.3, -0.25) is 4.79 Å². The molecule has 0 amide bonds. The summed E-state index contributed by atoms with van der Waals surface area (Å²) in [6.07, 6.45) is -0.261. The first kappa shape index (κ1) is 15.7. The number of carboxylic acid groups (broad SMARTS) is 1. The summed E-state index contributed by atoms with van der Waals surface area (Å²) in [7, 11) is -3.79. The molecule has 0 unspecified atom stereocenters. The van der Waals surface area contributed by atoms with E-state index in [1.165, 1.54) is 6.07 Å². The van der Waals surface area contributed by atoms with Gasteiger partial charge in [0, 0.05) is 13.1 Å². The highest BCUT2D eigenvalue weighted by Gasteiger charge is 2.27. The molecule has 1 aromatic rings. The zero-order chi connectivity index (χ0) is 13.9. The van der Waals surface area contributed by atoms with Crippen LogP contribution < -0.4 is 0 Å². The second kappa shape index (κ2) is 6.21. The molecule has 0 fully saturated rings. The molecule has 0 aromatic carbocycles. The summed E-state index contributed by atoms with van der Waals surface area (Å²) in [5, 5.41) is 8.59. The number of halogens is 2. The maximum Gasteiger partial charge on any atom is 0.304 e. The molecule has 102 valence electrons. The molecular weight excluding hydrogens is 321 g/mol. The van der Waals surface area contributed by atoms with Crippen LogP contribution in [0, 0.1) is 0 Å². The summed E-state index contributed by atoms with van der Waals surface area (Å²) in [5.41, 5.74) is 0. The molecule has 0 radical (unpaired) electrons. The third-order valence-corrected chi connectivity index (χ3v) is 5.90. The SMILES string of the molecule is CCN(CCC(=O)O)S(=O)(=O)c1cc(Cl)sc1Cl. The normalized spacial score (nSPS) is 12.0. The molecule has 0 atom stereocenters. The van der Waals surface area contributed by atoms with Crippen LogP contribution in [0.25, 0.3) is 0 Å². The van der Waals surface area contributed by atoms with E-state index in [-0.39, 0.29) is 33.1 Å². The first-order valence-electron chi connectivity index (χ1n) is 4.95. The number of rotatable bonds is 6. The lowest BCUT2D eigenvalue weighted by Gasteiger charge is -2.18. The molecule has 0 bridgehead atoms. The Kier molecular flexibility index (Phi) is 5.42. The van der Waals surface area contributed by atoms with E-state index < -0.39 is 16.0 Å². The van der Waals surface area contributed by atoms with Crippen LogP contribution >= 0.6 is 34.5 Å². The van der Waals surface area contributed by atoms with E-state index in [2.05, 4.69) is 0 Å². The maximum absolute atomic E-state index is 12.2. The average molecular weight is 332 g/mol. The minimum atomic E-state index is -3.79. The Balaban J connectivity index is 3.03. The minimum Gasteiger partial charge on any atom is -0.481 e. The smallest absolute Gasteiger partial charge is 0.304 e. The van der Waals surface area contributed by atoms with Gasteiger partial charge in [-0.2, -0.15) is 4.31 Å². The third-order valence-electron chi connectivity index (χ3n) is 2.17. The van der Waals surface area contributed by atoms with Crippen molar-refractivity contribution >= 4 is 50.5 Å². The van der Waals surface area contributed by atoms with E-state index in [0.29, 0.717) is 0 Å². The molecular formula is C9H11Cl2NO4S2. The Bertz CT molecular complexity index is 541. The highest BCUT2D eigenvalue weighted by atomic mass is 35.5. The molecule has 1 N–H and O–H groups in total. The van der Waals surface area contributed by atoms with Crippen molar-refractivity contribution in [3.05, 3.63) is 14.7 Å². The molecule has 1 rings (SSSR count). The van der Waals surface area contributed by atoms with E-state index in [0.717, 1.165) is 15.6 Å². The van der Waals surface area contributed by atoms with Crippen molar-refractivity contribution in [1.29, 1.82) is 0 Å².